The Morgan fingerprint density at radius 1 is 1.08 bits per heavy atom. The largest absolute Gasteiger partial charge is 0.338 e. The summed E-state index contributed by atoms with van der Waals surface area (Å²) in [6.45, 7) is 3.90. The van der Waals surface area contributed by atoms with Crippen LogP contribution in [0.5, 0.6) is 0 Å². The van der Waals surface area contributed by atoms with E-state index < -0.39 is 9.84 Å². The van der Waals surface area contributed by atoms with Gasteiger partial charge >= 0.3 is 0 Å². The van der Waals surface area contributed by atoms with E-state index in [1.54, 1.807) is 30.3 Å². The minimum Gasteiger partial charge on any atom is -0.338 e. The van der Waals surface area contributed by atoms with E-state index in [1.165, 1.54) is 12.8 Å². The molecule has 2 fully saturated rings. The SMILES string of the molecule is O=C(CCS(=O)(=O)c1ccccc1)N1CCCSC[C@H]1CN1CCCC1. The molecule has 0 bridgehead atoms. The Labute approximate surface area is 161 Å². The predicted octanol–water partition coefficient (Wildman–Crippen LogP) is 2.28. The molecule has 0 aromatic heterocycles. The Bertz CT molecular complexity index is 688. The van der Waals surface area contributed by atoms with Gasteiger partial charge in [0, 0.05) is 25.3 Å². The van der Waals surface area contributed by atoms with Gasteiger partial charge in [0.2, 0.25) is 5.91 Å². The number of likely N-dealkylation sites (tertiary alicyclic amines) is 1. The molecule has 2 aliphatic heterocycles. The molecular formula is C19H28N2O3S2. The fourth-order valence-electron chi connectivity index (χ4n) is 3.68. The highest BCUT2D eigenvalue weighted by atomic mass is 32.2. The van der Waals surface area contributed by atoms with Crippen LogP contribution in [0.2, 0.25) is 0 Å². The molecule has 5 nitrogen and oxygen atoms in total. The van der Waals surface area contributed by atoms with Gasteiger partial charge in [-0.25, -0.2) is 8.42 Å². The van der Waals surface area contributed by atoms with Crippen LogP contribution in [0.3, 0.4) is 0 Å². The Hall–Kier alpha value is -1.05. The quantitative estimate of drug-likeness (QED) is 0.738. The number of hydrogen-bond donors (Lipinski definition) is 0. The molecule has 0 spiro atoms. The van der Waals surface area contributed by atoms with Crippen LogP contribution in [0, 0.1) is 0 Å². The molecule has 2 aliphatic rings. The van der Waals surface area contributed by atoms with Crippen molar-refractivity contribution in [2.45, 2.75) is 36.6 Å². The van der Waals surface area contributed by atoms with Crippen LogP contribution in [-0.2, 0) is 14.6 Å². The van der Waals surface area contributed by atoms with Crippen LogP contribution in [0.25, 0.3) is 0 Å². The van der Waals surface area contributed by atoms with E-state index >= 15 is 0 Å². The lowest BCUT2D eigenvalue weighted by atomic mass is 10.2. The number of nitrogens with zero attached hydrogens (tertiary/aromatic N) is 2. The highest BCUT2D eigenvalue weighted by Crippen LogP contribution is 2.21. The second-order valence-electron chi connectivity index (χ2n) is 7.06. The van der Waals surface area contributed by atoms with Crippen molar-refractivity contribution >= 4 is 27.5 Å². The topological polar surface area (TPSA) is 57.7 Å². The lowest BCUT2D eigenvalue weighted by Crippen LogP contribution is -2.48. The summed E-state index contributed by atoms with van der Waals surface area (Å²) < 4.78 is 24.9. The van der Waals surface area contributed by atoms with Gasteiger partial charge in [0.1, 0.15) is 0 Å². The number of carbonyl (C=O) groups excluding carboxylic acids is 1. The molecule has 7 heteroatoms. The fourth-order valence-corrected chi connectivity index (χ4v) is 5.99. The molecule has 0 N–H and O–H groups in total. The first kappa shape index (κ1) is 19.7. The standard InChI is InChI=1S/C19H28N2O3S2/c22-19(9-14-26(23,24)18-7-2-1-3-8-18)21-12-6-13-25-16-17(21)15-20-10-4-5-11-20/h1-3,7-8,17H,4-6,9-16H2/t17-/m1/s1. The molecule has 0 unspecified atom stereocenters. The Balaban J connectivity index is 1.62. The van der Waals surface area contributed by atoms with Crippen LogP contribution in [0.1, 0.15) is 25.7 Å². The maximum atomic E-state index is 12.8. The van der Waals surface area contributed by atoms with Gasteiger partial charge < -0.3 is 9.80 Å². The van der Waals surface area contributed by atoms with Crippen LogP contribution in [0.15, 0.2) is 35.2 Å². The number of thioether (sulfide) groups is 1. The Morgan fingerprint density at radius 2 is 1.81 bits per heavy atom. The molecule has 0 aliphatic carbocycles. The zero-order chi connectivity index (χ0) is 18.4. The molecule has 3 rings (SSSR count). The number of hydrogen-bond acceptors (Lipinski definition) is 5. The fraction of sp³-hybridized carbons (Fsp3) is 0.632. The number of benzene rings is 1. The average Bonchev–Trinajstić information content (AvgIpc) is 3.05. The summed E-state index contributed by atoms with van der Waals surface area (Å²) in [6, 6.07) is 8.62. The van der Waals surface area contributed by atoms with E-state index in [0.717, 1.165) is 44.1 Å². The molecule has 2 heterocycles. The van der Waals surface area contributed by atoms with Gasteiger partial charge in [0.25, 0.3) is 0 Å². The molecule has 1 aromatic carbocycles. The molecule has 1 aromatic rings. The number of amides is 1. The van der Waals surface area contributed by atoms with E-state index in [0.29, 0.717) is 4.90 Å². The third kappa shape index (κ3) is 5.24. The van der Waals surface area contributed by atoms with Crippen LogP contribution in [-0.4, -0.2) is 73.6 Å². The van der Waals surface area contributed by atoms with Crippen molar-refractivity contribution in [3.05, 3.63) is 30.3 Å². The zero-order valence-electron chi connectivity index (χ0n) is 15.2. The van der Waals surface area contributed by atoms with Gasteiger partial charge in [-0.3, -0.25) is 4.79 Å². The summed E-state index contributed by atoms with van der Waals surface area (Å²) in [7, 11) is -3.41. The first-order chi connectivity index (χ1) is 12.6. The van der Waals surface area contributed by atoms with Gasteiger partial charge in [0.15, 0.2) is 9.84 Å². The van der Waals surface area contributed by atoms with Crippen molar-refractivity contribution in [1.29, 1.82) is 0 Å². The van der Waals surface area contributed by atoms with E-state index in [9.17, 15) is 13.2 Å². The minimum atomic E-state index is -3.41. The summed E-state index contributed by atoms with van der Waals surface area (Å²) in [5, 5.41) is 0. The van der Waals surface area contributed by atoms with E-state index in [-0.39, 0.29) is 24.1 Å². The third-order valence-corrected chi connectivity index (χ3v) is 8.04. The summed E-state index contributed by atoms with van der Waals surface area (Å²) in [5.74, 6) is 1.89. The summed E-state index contributed by atoms with van der Waals surface area (Å²) >= 11 is 1.91. The Kier molecular flexibility index (Phi) is 7.00. The molecule has 0 radical (unpaired) electrons. The summed E-state index contributed by atoms with van der Waals surface area (Å²) in [4.78, 5) is 17.5. The smallest absolute Gasteiger partial charge is 0.223 e. The highest BCUT2D eigenvalue weighted by molar-refractivity contribution is 7.99. The lowest BCUT2D eigenvalue weighted by Gasteiger charge is -2.32. The lowest BCUT2D eigenvalue weighted by molar-refractivity contribution is -0.133. The van der Waals surface area contributed by atoms with Gasteiger partial charge in [-0.15, -0.1) is 0 Å². The van der Waals surface area contributed by atoms with E-state index in [2.05, 4.69) is 4.90 Å². The van der Waals surface area contributed by atoms with Crippen molar-refractivity contribution in [2.75, 3.05) is 43.4 Å². The molecule has 144 valence electrons. The van der Waals surface area contributed by atoms with Crippen molar-refractivity contribution in [3.8, 4) is 0 Å². The molecular weight excluding hydrogens is 368 g/mol. The van der Waals surface area contributed by atoms with Crippen molar-refractivity contribution in [3.63, 3.8) is 0 Å². The van der Waals surface area contributed by atoms with Crippen LogP contribution < -0.4 is 0 Å². The van der Waals surface area contributed by atoms with Crippen molar-refractivity contribution in [2.24, 2.45) is 0 Å². The minimum absolute atomic E-state index is 0.0174. The number of carbonyl (C=O) groups is 1. The van der Waals surface area contributed by atoms with Crippen LogP contribution >= 0.6 is 11.8 Å². The predicted molar refractivity (Wildman–Crippen MR) is 106 cm³/mol. The normalized spacial score (nSPS) is 22.3. The van der Waals surface area contributed by atoms with E-state index in [1.807, 2.05) is 16.7 Å². The second-order valence-corrected chi connectivity index (χ2v) is 10.3. The highest BCUT2D eigenvalue weighted by Gasteiger charge is 2.29. The first-order valence-electron chi connectivity index (χ1n) is 9.44. The second kappa shape index (κ2) is 9.24. The average molecular weight is 397 g/mol. The summed E-state index contributed by atoms with van der Waals surface area (Å²) in [5.41, 5.74) is 0. The van der Waals surface area contributed by atoms with Crippen molar-refractivity contribution in [1.82, 2.24) is 9.80 Å². The van der Waals surface area contributed by atoms with Gasteiger partial charge in [0.05, 0.1) is 16.7 Å². The van der Waals surface area contributed by atoms with Gasteiger partial charge in [-0.2, -0.15) is 11.8 Å². The maximum absolute atomic E-state index is 12.8. The Morgan fingerprint density at radius 3 is 2.54 bits per heavy atom. The molecule has 2 saturated heterocycles. The number of rotatable bonds is 6. The zero-order valence-corrected chi connectivity index (χ0v) is 16.8. The molecule has 1 amide bonds. The molecule has 1 atom stereocenters. The third-order valence-electron chi connectivity index (χ3n) is 5.11. The van der Waals surface area contributed by atoms with Crippen LogP contribution in [0.4, 0.5) is 0 Å². The summed E-state index contributed by atoms with van der Waals surface area (Å²) in [6.07, 6.45) is 3.53. The van der Waals surface area contributed by atoms with Gasteiger partial charge in [-0.1, -0.05) is 18.2 Å². The molecule has 0 saturated carbocycles. The molecule has 26 heavy (non-hydrogen) atoms. The maximum Gasteiger partial charge on any atom is 0.223 e. The number of sulfone groups is 1. The van der Waals surface area contributed by atoms with E-state index in [4.69, 9.17) is 0 Å². The van der Waals surface area contributed by atoms with Crippen molar-refractivity contribution < 1.29 is 13.2 Å². The monoisotopic (exact) mass is 396 g/mol. The first-order valence-corrected chi connectivity index (χ1v) is 12.2. The van der Waals surface area contributed by atoms with Gasteiger partial charge in [-0.05, 0) is 50.2 Å².